The van der Waals surface area contributed by atoms with E-state index >= 15 is 0 Å². The lowest BCUT2D eigenvalue weighted by atomic mass is 10.0. The first-order valence-corrected chi connectivity index (χ1v) is 9.47. The molecule has 2 aromatic carbocycles. The average molecular weight is 368 g/mol. The van der Waals surface area contributed by atoms with Crippen LogP contribution in [0.15, 0.2) is 48.5 Å². The van der Waals surface area contributed by atoms with Crippen LogP contribution in [0.4, 0.5) is 0 Å². The van der Waals surface area contributed by atoms with Crippen molar-refractivity contribution in [3.8, 4) is 11.5 Å². The van der Waals surface area contributed by atoms with E-state index in [2.05, 4.69) is 5.32 Å². The monoisotopic (exact) mass is 368 g/mol. The number of methoxy groups -OCH3 is 1. The van der Waals surface area contributed by atoms with Crippen LogP contribution in [0, 0.1) is 5.92 Å². The summed E-state index contributed by atoms with van der Waals surface area (Å²) in [5.74, 6) is 1.45. The number of rotatable bonds is 7. The van der Waals surface area contributed by atoms with E-state index in [0.717, 1.165) is 30.4 Å². The molecule has 0 bridgehead atoms. The van der Waals surface area contributed by atoms with E-state index in [0.29, 0.717) is 18.1 Å². The van der Waals surface area contributed by atoms with E-state index in [-0.39, 0.29) is 23.9 Å². The minimum atomic E-state index is -0.105. The maximum absolute atomic E-state index is 12.4. The molecule has 27 heavy (non-hydrogen) atoms. The van der Waals surface area contributed by atoms with Crippen LogP contribution in [0.5, 0.6) is 11.5 Å². The largest absolute Gasteiger partial charge is 0.493 e. The van der Waals surface area contributed by atoms with E-state index < -0.39 is 0 Å². The lowest BCUT2D eigenvalue weighted by Crippen LogP contribution is -2.32. The molecule has 0 radical (unpaired) electrons. The summed E-state index contributed by atoms with van der Waals surface area (Å²) in [7, 11) is 1.62. The van der Waals surface area contributed by atoms with Crippen LogP contribution in [0.1, 0.15) is 43.4 Å². The van der Waals surface area contributed by atoms with E-state index in [1.54, 1.807) is 7.11 Å². The second kappa shape index (κ2) is 8.91. The van der Waals surface area contributed by atoms with Crippen LogP contribution in [-0.2, 0) is 11.4 Å². The Balaban J connectivity index is 1.63. The van der Waals surface area contributed by atoms with Gasteiger partial charge in [0.1, 0.15) is 6.61 Å². The number of amides is 1. The van der Waals surface area contributed by atoms with Gasteiger partial charge in [-0.2, -0.15) is 0 Å². The zero-order valence-corrected chi connectivity index (χ0v) is 16.0. The van der Waals surface area contributed by atoms with Crippen molar-refractivity contribution in [3.05, 3.63) is 59.7 Å². The highest BCUT2D eigenvalue weighted by molar-refractivity contribution is 5.79. The van der Waals surface area contributed by atoms with Crippen molar-refractivity contribution in [3.63, 3.8) is 0 Å². The van der Waals surface area contributed by atoms with Crippen molar-refractivity contribution in [1.29, 1.82) is 0 Å². The second-order valence-corrected chi connectivity index (χ2v) is 7.18. The number of hydrogen-bond acceptors (Lipinski definition) is 4. The predicted molar refractivity (Wildman–Crippen MR) is 106 cm³/mol. The van der Waals surface area contributed by atoms with E-state index in [9.17, 15) is 4.79 Å². The summed E-state index contributed by atoms with van der Waals surface area (Å²) in [6.07, 6.45) is 2.57. The maximum Gasteiger partial charge on any atom is 0.223 e. The van der Waals surface area contributed by atoms with Gasteiger partial charge in [-0.05, 0) is 49.4 Å². The topological polar surface area (TPSA) is 73.6 Å². The summed E-state index contributed by atoms with van der Waals surface area (Å²) in [6, 6.07) is 15.8. The highest BCUT2D eigenvalue weighted by Gasteiger charge is 2.28. The fourth-order valence-corrected chi connectivity index (χ4v) is 3.48. The second-order valence-electron chi connectivity index (χ2n) is 7.18. The summed E-state index contributed by atoms with van der Waals surface area (Å²) >= 11 is 0. The van der Waals surface area contributed by atoms with Crippen LogP contribution in [0.3, 0.4) is 0 Å². The normalized spacial score (nSPS) is 20.1. The molecule has 3 rings (SSSR count). The van der Waals surface area contributed by atoms with Gasteiger partial charge < -0.3 is 20.5 Å². The van der Waals surface area contributed by atoms with Crippen molar-refractivity contribution in [2.75, 3.05) is 7.11 Å². The Morgan fingerprint density at radius 2 is 1.96 bits per heavy atom. The van der Waals surface area contributed by atoms with Crippen LogP contribution >= 0.6 is 0 Å². The molecule has 144 valence electrons. The third kappa shape index (κ3) is 5.01. The maximum atomic E-state index is 12.4. The Kier molecular flexibility index (Phi) is 6.35. The molecule has 0 heterocycles. The average Bonchev–Trinajstić information content (AvgIpc) is 3.13. The quantitative estimate of drug-likeness (QED) is 0.783. The van der Waals surface area contributed by atoms with Gasteiger partial charge in [0.2, 0.25) is 5.91 Å². The van der Waals surface area contributed by atoms with Crippen LogP contribution in [0.25, 0.3) is 0 Å². The molecule has 0 spiro atoms. The van der Waals surface area contributed by atoms with E-state index in [1.165, 1.54) is 0 Å². The minimum absolute atomic E-state index is 0.0258. The summed E-state index contributed by atoms with van der Waals surface area (Å²) in [4.78, 5) is 12.4. The summed E-state index contributed by atoms with van der Waals surface area (Å²) in [5, 5.41) is 3.10. The number of ether oxygens (including phenoxy) is 2. The summed E-state index contributed by atoms with van der Waals surface area (Å²) in [5.41, 5.74) is 8.00. The Bertz CT molecular complexity index is 763. The van der Waals surface area contributed by atoms with Gasteiger partial charge in [0.05, 0.1) is 13.2 Å². The Morgan fingerprint density at radius 1 is 1.19 bits per heavy atom. The standard InChI is InChI=1S/C22H28N2O3/c1-15(24-22(25)18-8-10-19(23)12-18)17-9-11-20(21(13-17)26-2)27-14-16-6-4-3-5-7-16/h3-7,9,11,13,15,18-19H,8,10,12,14,23H2,1-2H3,(H,24,25). The number of nitrogens with one attached hydrogen (secondary N) is 1. The van der Waals surface area contributed by atoms with Gasteiger partial charge in [-0.1, -0.05) is 36.4 Å². The molecule has 0 aliphatic heterocycles. The molecule has 1 aliphatic carbocycles. The van der Waals surface area contributed by atoms with Gasteiger partial charge in [-0.3, -0.25) is 4.79 Å². The number of carbonyl (C=O) groups excluding carboxylic acids is 1. The first-order chi connectivity index (χ1) is 13.1. The van der Waals surface area contributed by atoms with Crippen LogP contribution in [-0.4, -0.2) is 19.1 Å². The molecular formula is C22H28N2O3. The zero-order chi connectivity index (χ0) is 19.2. The smallest absolute Gasteiger partial charge is 0.223 e. The third-order valence-corrected chi connectivity index (χ3v) is 5.13. The molecular weight excluding hydrogens is 340 g/mol. The highest BCUT2D eigenvalue weighted by atomic mass is 16.5. The van der Waals surface area contributed by atoms with Gasteiger partial charge in [-0.25, -0.2) is 0 Å². The van der Waals surface area contributed by atoms with Crippen LogP contribution in [0.2, 0.25) is 0 Å². The molecule has 1 saturated carbocycles. The number of hydrogen-bond donors (Lipinski definition) is 2. The molecule has 5 heteroatoms. The first kappa shape index (κ1) is 19.2. The molecule has 3 unspecified atom stereocenters. The number of benzene rings is 2. The van der Waals surface area contributed by atoms with Crippen molar-refractivity contribution in [2.45, 2.75) is 44.9 Å². The minimum Gasteiger partial charge on any atom is -0.493 e. The highest BCUT2D eigenvalue weighted by Crippen LogP contribution is 2.31. The van der Waals surface area contributed by atoms with Crippen LogP contribution < -0.4 is 20.5 Å². The Hall–Kier alpha value is -2.53. The van der Waals surface area contributed by atoms with E-state index in [4.69, 9.17) is 15.2 Å². The predicted octanol–water partition coefficient (Wildman–Crippen LogP) is 3.58. The van der Waals surface area contributed by atoms with Crippen molar-refractivity contribution in [2.24, 2.45) is 11.7 Å². The molecule has 5 nitrogen and oxygen atoms in total. The van der Waals surface area contributed by atoms with Gasteiger partial charge >= 0.3 is 0 Å². The van der Waals surface area contributed by atoms with Gasteiger partial charge in [-0.15, -0.1) is 0 Å². The fraction of sp³-hybridized carbons (Fsp3) is 0.409. The SMILES string of the molecule is COc1cc(C(C)NC(=O)C2CCC(N)C2)ccc1OCc1ccccc1. The molecule has 3 N–H and O–H groups in total. The molecule has 3 atom stereocenters. The lowest BCUT2D eigenvalue weighted by molar-refractivity contribution is -0.125. The van der Waals surface area contributed by atoms with Crippen molar-refractivity contribution < 1.29 is 14.3 Å². The van der Waals surface area contributed by atoms with Crippen molar-refractivity contribution >= 4 is 5.91 Å². The third-order valence-electron chi connectivity index (χ3n) is 5.13. The molecule has 2 aromatic rings. The Labute approximate surface area is 160 Å². The van der Waals surface area contributed by atoms with Gasteiger partial charge in [0.25, 0.3) is 0 Å². The lowest BCUT2D eigenvalue weighted by Gasteiger charge is -2.19. The number of carbonyl (C=O) groups is 1. The van der Waals surface area contributed by atoms with Crippen molar-refractivity contribution in [1.82, 2.24) is 5.32 Å². The number of nitrogens with two attached hydrogens (primary N) is 1. The molecule has 1 fully saturated rings. The molecule has 0 aromatic heterocycles. The Morgan fingerprint density at radius 3 is 2.63 bits per heavy atom. The molecule has 1 aliphatic rings. The fourth-order valence-electron chi connectivity index (χ4n) is 3.48. The summed E-state index contributed by atoms with van der Waals surface area (Å²) < 4.78 is 11.4. The van der Waals surface area contributed by atoms with Gasteiger partial charge in [0.15, 0.2) is 11.5 Å². The van der Waals surface area contributed by atoms with E-state index in [1.807, 2.05) is 55.5 Å². The zero-order valence-electron chi connectivity index (χ0n) is 16.0. The first-order valence-electron chi connectivity index (χ1n) is 9.47. The molecule has 1 amide bonds. The molecule has 0 saturated heterocycles. The van der Waals surface area contributed by atoms with Gasteiger partial charge in [0, 0.05) is 12.0 Å². The summed E-state index contributed by atoms with van der Waals surface area (Å²) in [6.45, 7) is 2.46.